The molecular formula is C14H16ClN3O. The summed E-state index contributed by atoms with van der Waals surface area (Å²) in [6.07, 6.45) is 1.49. The first-order chi connectivity index (χ1) is 9.15. The van der Waals surface area contributed by atoms with Gasteiger partial charge in [0.1, 0.15) is 5.82 Å². The predicted octanol–water partition coefficient (Wildman–Crippen LogP) is 2.61. The third-order valence-electron chi connectivity index (χ3n) is 3.53. The Balaban J connectivity index is 2.00. The van der Waals surface area contributed by atoms with E-state index < -0.39 is 0 Å². The molecule has 1 aliphatic rings. The summed E-state index contributed by atoms with van der Waals surface area (Å²) in [5, 5.41) is 2.84. The molecule has 0 aliphatic carbocycles. The molecule has 2 heterocycles. The van der Waals surface area contributed by atoms with Gasteiger partial charge in [-0.05, 0) is 25.5 Å². The first kappa shape index (κ1) is 12.5. The molecule has 100 valence electrons. The van der Waals surface area contributed by atoms with Gasteiger partial charge in [0, 0.05) is 19.0 Å². The van der Waals surface area contributed by atoms with Crippen molar-refractivity contribution in [3.63, 3.8) is 0 Å². The topological polar surface area (TPSA) is 46.9 Å². The average molecular weight is 278 g/mol. The van der Waals surface area contributed by atoms with Gasteiger partial charge in [-0.3, -0.25) is 4.79 Å². The van der Waals surface area contributed by atoms with Crippen LogP contribution in [0.25, 0.3) is 11.0 Å². The van der Waals surface area contributed by atoms with Crippen LogP contribution in [-0.4, -0.2) is 21.5 Å². The van der Waals surface area contributed by atoms with E-state index in [1.807, 2.05) is 31.2 Å². The summed E-state index contributed by atoms with van der Waals surface area (Å²) in [5.41, 5.74) is 2.03. The Hall–Kier alpha value is -1.55. The van der Waals surface area contributed by atoms with Crippen molar-refractivity contribution in [2.75, 3.05) is 0 Å². The zero-order chi connectivity index (χ0) is 13.4. The molecule has 19 heavy (non-hydrogen) atoms. The number of halogens is 1. The van der Waals surface area contributed by atoms with Crippen molar-refractivity contribution in [2.24, 2.45) is 0 Å². The van der Waals surface area contributed by atoms with Crippen molar-refractivity contribution in [3.05, 3.63) is 30.1 Å². The van der Waals surface area contributed by atoms with Gasteiger partial charge >= 0.3 is 0 Å². The lowest BCUT2D eigenvalue weighted by molar-refractivity contribution is -0.119. The van der Waals surface area contributed by atoms with Crippen LogP contribution < -0.4 is 5.32 Å². The number of imidazole rings is 1. The van der Waals surface area contributed by atoms with Crippen LogP contribution >= 0.6 is 11.6 Å². The molecule has 5 heteroatoms. The maximum absolute atomic E-state index is 11.3. The second kappa shape index (κ2) is 4.85. The average Bonchev–Trinajstić information content (AvgIpc) is 2.95. The number of hydrogen-bond acceptors (Lipinski definition) is 2. The minimum Gasteiger partial charge on any atom is -0.352 e. The smallest absolute Gasteiger partial charge is 0.220 e. The highest BCUT2D eigenvalue weighted by Gasteiger charge is 2.23. The van der Waals surface area contributed by atoms with Gasteiger partial charge in [0.25, 0.3) is 0 Å². The van der Waals surface area contributed by atoms with Gasteiger partial charge in [-0.15, -0.1) is 11.6 Å². The third kappa shape index (κ3) is 2.32. The number of nitrogens with one attached hydrogen (secondary N) is 1. The van der Waals surface area contributed by atoms with Crippen LogP contribution in [0.2, 0.25) is 0 Å². The number of alkyl halides is 1. The van der Waals surface area contributed by atoms with E-state index >= 15 is 0 Å². The second-order valence-corrected chi connectivity index (χ2v) is 5.64. The zero-order valence-corrected chi connectivity index (χ0v) is 11.5. The Labute approximate surface area is 116 Å². The van der Waals surface area contributed by atoms with Gasteiger partial charge in [0.05, 0.1) is 16.4 Å². The molecule has 1 aromatic heterocycles. The van der Waals surface area contributed by atoms with Gasteiger partial charge in [0.2, 0.25) is 5.91 Å². The first-order valence-corrected chi connectivity index (χ1v) is 6.97. The van der Waals surface area contributed by atoms with E-state index in [0.717, 1.165) is 29.8 Å². The van der Waals surface area contributed by atoms with E-state index in [9.17, 15) is 4.79 Å². The number of benzene rings is 1. The molecular weight excluding hydrogens is 262 g/mol. The highest BCUT2D eigenvalue weighted by Crippen LogP contribution is 2.25. The molecule has 4 nitrogen and oxygen atoms in total. The number of nitrogens with zero attached hydrogens (tertiary/aromatic N) is 2. The number of rotatable bonds is 3. The first-order valence-electron chi connectivity index (χ1n) is 6.54. The van der Waals surface area contributed by atoms with Gasteiger partial charge in [-0.2, -0.15) is 0 Å². The summed E-state index contributed by atoms with van der Waals surface area (Å²) in [6, 6.07) is 8.18. The Morgan fingerprint density at radius 2 is 2.32 bits per heavy atom. The molecule has 2 atom stereocenters. The van der Waals surface area contributed by atoms with Crippen LogP contribution in [0, 0.1) is 0 Å². The third-order valence-corrected chi connectivity index (χ3v) is 3.72. The summed E-state index contributed by atoms with van der Waals surface area (Å²) in [4.78, 5) is 15.9. The summed E-state index contributed by atoms with van der Waals surface area (Å²) < 4.78 is 2.13. The number of fused-ring (bicyclic) bond motifs is 1. The second-order valence-electron chi connectivity index (χ2n) is 4.99. The van der Waals surface area contributed by atoms with Crippen molar-refractivity contribution in [1.29, 1.82) is 0 Å². The maximum atomic E-state index is 11.3. The summed E-state index contributed by atoms with van der Waals surface area (Å²) in [6.45, 7) is 2.66. The molecule has 0 saturated carbocycles. The van der Waals surface area contributed by atoms with Crippen LogP contribution in [0.3, 0.4) is 0 Å². The maximum Gasteiger partial charge on any atom is 0.220 e. The number of carbonyl (C=O) groups excluding carboxylic acids is 1. The molecule has 1 aliphatic heterocycles. The molecule has 0 radical (unpaired) electrons. The largest absolute Gasteiger partial charge is 0.352 e. The van der Waals surface area contributed by atoms with Crippen LogP contribution in [0.4, 0.5) is 0 Å². The fraction of sp³-hybridized carbons (Fsp3) is 0.429. The Kier molecular flexibility index (Phi) is 3.19. The lowest BCUT2D eigenvalue weighted by Gasteiger charge is -2.15. The summed E-state index contributed by atoms with van der Waals surface area (Å²) >= 11 is 6.22. The van der Waals surface area contributed by atoms with Gasteiger partial charge in [-0.1, -0.05) is 12.1 Å². The van der Waals surface area contributed by atoms with Crippen molar-refractivity contribution >= 4 is 28.5 Å². The Bertz CT molecular complexity index is 620. The summed E-state index contributed by atoms with van der Waals surface area (Å²) in [7, 11) is 0. The SMILES string of the molecule is CC(Cl)c1nc2ccccc2n1CC1CCC(=O)N1. The van der Waals surface area contributed by atoms with Crippen LogP contribution in [0.15, 0.2) is 24.3 Å². The van der Waals surface area contributed by atoms with Gasteiger partial charge in [0.15, 0.2) is 0 Å². The monoisotopic (exact) mass is 277 g/mol. The van der Waals surface area contributed by atoms with E-state index in [1.165, 1.54) is 0 Å². The van der Waals surface area contributed by atoms with Crippen LogP contribution in [0.5, 0.6) is 0 Å². The molecule has 0 spiro atoms. The number of hydrogen-bond donors (Lipinski definition) is 1. The number of amides is 1. The molecule has 1 fully saturated rings. The van der Waals surface area contributed by atoms with E-state index in [2.05, 4.69) is 14.9 Å². The zero-order valence-electron chi connectivity index (χ0n) is 10.8. The van der Waals surface area contributed by atoms with Crippen molar-refractivity contribution < 1.29 is 4.79 Å². The minimum absolute atomic E-state index is 0.134. The van der Waals surface area contributed by atoms with Crippen LogP contribution in [0.1, 0.15) is 31.0 Å². The standard InChI is InChI=1S/C14H16ClN3O/c1-9(15)14-17-11-4-2-3-5-12(11)18(14)8-10-6-7-13(19)16-10/h2-5,9-10H,6-8H2,1H3,(H,16,19). The molecule has 2 unspecified atom stereocenters. The molecule has 1 saturated heterocycles. The van der Waals surface area contributed by atoms with E-state index in [0.29, 0.717) is 6.42 Å². The van der Waals surface area contributed by atoms with Gasteiger partial charge in [-0.25, -0.2) is 4.98 Å². The van der Waals surface area contributed by atoms with E-state index in [-0.39, 0.29) is 17.3 Å². The normalized spacial score (nSPS) is 20.7. The highest BCUT2D eigenvalue weighted by molar-refractivity contribution is 6.20. The fourth-order valence-corrected chi connectivity index (χ4v) is 2.79. The quantitative estimate of drug-likeness (QED) is 0.877. The fourth-order valence-electron chi connectivity index (χ4n) is 2.62. The highest BCUT2D eigenvalue weighted by atomic mass is 35.5. The molecule has 1 aromatic carbocycles. The molecule has 0 bridgehead atoms. The lowest BCUT2D eigenvalue weighted by Crippen LogP contribution is -2.30. The molecule has 1 N–H and O–H groups in total. The molecule has 1 amide bonds. The number of para-hydroxylation sites is 2. The Morgan fingerprint density at radius 1 is 1.53 bits per heavy atom. The lowest BCUT2D eigenvalue weighted by atomic mass is 10.2. The predicted molar refractivity (Wildman–Crippen MR) is 75.2 cm³/mol. The van der Waals surface area contributed by atoms with Crippen molar-refractivity contribution in [1.82, 2.24) is 14.9 Å². The molecule has 2 aromatic rings. The minimum atomic E-state index is -0.149. The van der Waals surface area contributed by atoms with Crippen LogP contribution in [-0.2, 0) is 11.3 Å². The molecule has 3 rings (SSSR count). The van der Waals surface area contributed by atoms with Gasteiger partial charge < -0.3 is 9.88 Å². The summed E-state index contributed by atoms with van der Waals surface area (Å²) in [5.74, 6) is 0.999. The van der Waals surface area contributed by atoms with E-state index in [4.69, 9.17) is 11.6 Å². The Morgan fingerprint density at radius 3 is 3.00 bits per heavy atom. The number of carbonyl (C=O) groups is 1. The van der Waals surface area contributed by atoms with Crippen molar-refractivity contribution in [3.8, 4) is 0 Å². The number of aromatic nitrogens is 2. The van der Waals surface area contributed by atoms with Crippen molar-refractivity contribution in [2.45, 2.75) is 37.7 Å². The van der Waals surface area contributed by atoms with E-state index in [1.54, 1.807) is 0 Å².